The van der Waals surface area contributed by atoms with E-state index in [1.54, 1.807) is 6.08 Å². The molecule has 0 atom stereocenters. The Morgan fingerprint density at radius 3 is 1.64 bits per heavy atom. The van der Waals surface area contributed by atoms with E-state index < -0.39 is 11.9 Å². The van der Waals surface area contributed by atoms with Crippen LogP contribution in [0.5, 0.6) is 0 Å². The predicted octanol–water partition coefficient (Wildman–Crippen LogP) is 1.22. The summed E-state index contributed by atoms with van der Waals surface area (Å²) in [5.74, 6) is -1.40. The first-order chi connectivity index (χ1) is 6.52. The maximum absolute atomic E-state index is 11.1. The molecule has 0 aliphatic heterocycles. The molecule has 0 aliphatic rings. The van der Waals surface area contributed by atoms with Gasteiger partial charge in [0.2, 0.25) is 0 Å². The third-order valence-corrected chi connectivity index (χ3v) is 1.39. The second-order valence-corrected chi connectivity index (χ2v) is 2.81. The molecule has 0 N–H and O–H groups in total. The lowest BCUT2D eigenvalue weighted by molar-refractivity contribution is -0.144. The van der Waals surface area contributed by atoms with Crippen LogP contribution in [0.15, 0.2) is 23.3 Å². The number of hydrogen-bond acceptors (Lipinski definition) is 4. The molecule has 0 rings (SSSR count). The molecule has 0 fully saturated rings. The van der Waals surface area contributed by atoms with Crippen molar-refractivity contribution in [2.24, 2.45) is 0 Å². The van der Waals surface area contributed by atoms with Gasteiger partial charge in [0.1, 0.15) is 5.57 Å². The van der Waals surface area contributed by atoms with Gasteiger partial charge in [-0.3, -0.25) is 0 Å². The van der Waals surface area contributed by atoms with E-state index in [1.807, 2.05) is 13.8 Å². The number of hydrogen-bond donors (Lipinski definition) is 0. The molecule has 0 unspecified atom stereocenters. The normalized spacial score (nSPS) is 8.57. The lowest BCUT2D eigenvalue weighted by Gasteiger charge is -2.01. The van der Waals surface area contributed by atoms with Crippen LogP contribution in [0.2, 0.25) is 0 Å². The van der Waals surface area contributed by atoms with Crippen LogP contribution >= 0.6 is 0 Å². The number of rotatable bonds is 3. The number of methoxy groups -OCH3 is 2. The highest BCUT2D eigenvalue weighted by Crippen LogP contribution is 2.02. The molecule has 4 nitrogen and oxygen atoms in total. The third kappa shape index (κ3) is 3.89. The summed E-state index contributed by atoms with van der Waals surface area (Å²) in [6, 6.07) is 0. The molecule has 78 valence electrons. The Hall–Kier alpha value is -1.58. The lowest BCUT2D eigenvalue weighted by Crippen LogP contribution is -2.15. The van der Waals surface area contributed by atoms with Crippen molar-refractivity contribution in [3.8, 4) is 0 Å². The molecule has 14 heavy (non-hydrogen) atoms. The molecule has 0 aromatic heterocycles. The third-order valence-electron chi connectivity index (χ3n) is 1.39. The van der Waals surface area contributed by atoms with Crippen LogP contribution in [-0.2, 0) is 19.1 Å². The quantitative estimate of drug-likeness (QED) is 0.225. The van der Waals surface area contributed by atoms with E-state index in [0.717, 1.165) is 5.57 Å². The monoisotopic (exact) mass is 198 g/mol. The Morgan fingerprint density at radius 2 is 1.36 bits per heavy atom. The van der Waals surface area contributed by atoms with Crippen LogP contribution in [-0.4, -0.2) is 26.2 Å². The second kappa shape index (κ2) is 5.96. The molecule has 0 saturated heterocycles. The highest BCUT2D eigenvalue weighted by atomic mass is 16.5. The fourth-order valence-electron chi connectivity index (χ4n) is 0.689. The van der Waals surface area contributed by atoms with Gasteiger partial charge in [-0.2, -0.15) is 0 Å². The van der Waals surface area contributed by atoms with E-state index in [9.17, 15) is 9.59 Å². The Kier molecular flexibility index (Phi) is 5.29. The van der Waals surface area contributed by atoms with Crippen molar-refractivity contribution in [1.82, 2.24) is 0 Å². The summed E-state index contributed by atoms with van der Waals surface area (Å²) in [5.41, 5.74) is 0.853. The largest absolute Gasteiger partial charge is 0.465 e. The van der Waals surface area contributed by atoms with Gasteiger partial charge in [0.15, 0.2) is 0 Å². The molecule has 0 radical (unpaired) electrons. The molecule has 0 bridgehead atoms. The van der Waals surface area contributed by atoms with Crippen molar-refractivity contribution in [1.29, 1.82) is 0 Å². The van der Waals surface area contributed by atoms with E-state index in [4.69, 9.17) is 0 Å². The maximum Gasteiger partial charge on any atom is 0.345 e. The summed E-state index contributed by atoms with van der Waals surface area (Å²) in [5, 5.41) is 0. The smallest absolute Gasteiger partial charge is 0.345 e. The summed E-state index contributed by atoms with van der Waals surface area (Å²) in [4.78, 5) is 22.2. The zero-order valence-electron chi connectivity index (χ0n) is 8.79. The predicted molar refractivity (Wildman–Crippen MR) is 51.5 cm³/mol. The maximum atomic E-state index is 11.1. The van der Waals surface area contributed by atoms with Crippen LogP contribution < -0.4 is 0 Å². The van der Waals surface area contributed by atoms with Gasteiger partial charge in [0.25, 0.3) is 0 Å². The van der Waals surface area contributed by atoms with Crippen LogP contribution in [0.4, 0.5) is 0 Å². The number of allylic oxidation sites excluding steroid dienone is 3. The minimum absolute atomic E-state index is 0.115. The van der Waals surface area contributed by atoms with Crippen molar-refractivity contribution in [3.05, 3.63) is 23.3 Å². The zero-order chi connectivity index (χ0) is 11.1. The Bertz CT molecular complexity index is 264. The topological polar surface area (TPSA) is 52.6 Å². The van der Waals surface area contributed by atoms with E-state index in [2.05, 4.69) is 9.47 Å². The summed E-state index contributed by atoms with van der Waals surface area (Å²) in [6.45, 7) is 3.70. The molecule has 0 spiro atoms. The highest BCUT2D eigenvalue weighted by molar-refractivity contribution is 6.14. The van der Waals surface area contributed by atoms with E-state index in [0.29, 0.717) is 0 Å². The van der Waals surface area contributed by atoms with Gasteiger partial charge in [-0.05, 0) is 19.9 Å². The standard InChI is InChI=1S/C10H14O4/c1-7(2)5-6-8(9(11)13-3)10(12)14-4/h5-6H,1-4H3. The van der Waals surface area contributed by atoms with Gasteiger partial charge in [-0.15, -0.1) is 0 Å². The number of carbonyl (C=O) groups excluding carboxylic acids is 2. The van der Waals surface area contributed by atoms with Crippen LogP contribution in [0.3, 0.4) is 0 Å². The second-order valence-electron chi connectivity index (χ2n) is 2.81. The van der Waals surface area contributed by atoms with E-state index in [1.165, 1.54) is 20.3 Å². The average Bonchev–Trinajstić information content (AvgIpc) is 2.16. The van der Waals surface area contributed by atoms with Gasteiger partial charge < -0.3 is 9.47 Å². The van der Waals surface area contributed by atoms with Gasteiger partial charge in [-0.1, -0.05) is 11.6 Å². The van der Waals surface area contributed by atoms with Crippen LogP contribution in [0, 0.1) is 0 Å². The summed E-state index contributed by atoms with van der Waals surface area (Å²) in [6.07, 6.45) is 3.02. The van der Waals surface area contributed by atoms with E-state index in [-0.39, 0.29) is 5.57 Å². The highest BCUT2D eigenvalue weighted by Gasteiger charge is 2.18. The van der Waals surface area contributed by atoms with Crippen molar-refractivity contribution in [3.63, 3.8) is 0 Å². The summed E-state index contributed by atoms with van der Waals surface area (Å²) < 4.78 is 8.86. The minimum atomic E-state index is -0.700. The van der Waals surface area contributed by atoms with Crippen molar-refractivity contribution in [2.45, 2.75) is 13.8 Å². The Morgan fingerprint density at radius 1 is 0.929 bits per heavy atom. The summed E-state index contributed by atoms with van der Waals surface area (Å²) >= 11 is 0. The first-order valence-corrected chi connectivity index (χ1v) is 4.04. The van der Waals surface area contributed by atoms with Gasteiger partial charge in [0, 0.05) is 0 Å². The van der Waals surface area contributed by atoms with Gasteiger partial charge in [-0.25, -0.2) is 9.59 Å². The Balaban J connectivity index is 4.91. The zero-order valence-corrected chi connectivity index (χ0v) is 8.79. The molecule has 0 saturated carbocycles. The van der Waals surface area contributed by atoms with Crippen LogP contribution in [0.25, 0.3) is 0 Å². The molecule has 0 heterocycles. The molecular weight excluding hydrogens is 184 g/mol. The van der Waals surface area contributed by atoms with Crippen molar-refractivity contribution < 1.29 is 19.1 Å². The molecule has 0 aromatic carbocycles. The van der Waals surface area contributed by atoms with Crippen molar-refractivity contribution >= 4 is 11.9 Å². The molecule has 0 aromatic rings. The minimum Gasteiger partial charge on any atom is -0.465 e. The molecular formula is C10H14O4. The molecule has 4 heteroatoms. The first kappa shape index (κ1) is 12.4. The van der Waals surface area contributed by atoms with Crippen LogP contribution in [0.1, 0.15) is 13.8 Å². The first-order valence-electron chi connectivity index (χ1n) is 4.04. The fraction of sp³-hybridized carbons (Fsp3) is 0.400. The number of ether oxygens (including phenoxy) is 2. The van der Waals surface area contributed by atoms with Gasteiger partial charge in [0.05, 0.1) is 14.2 Å². The molecule has 0 amide bonds. The van der Waals surface area contributed by atoms with E-state index >= 15 is 0 Å². The fourth-order valence-corrected chi connectivity index (χ4v) is 0.689. The summed E-state index contributed by atoms with van der Waals surface area (Å²) in [7, 11) is 2.42. The SMILES string of the molecule is COC(=O)C(=CC=C(C)C)C(=O)OC. The lowest BCUT2D eigenvalue weighted by atomic mass is 10.2. The average molecular weight is 198 g/mol. The Labute approximate surface area is 83.2 Å². The number of carbonyl (C=O) groups is 2. The van der Waals surface area contributed by atoms with Gasteiger partial charge >= 0.3 is 11.9 Å². The molecule has 0 aliphatic carbocycles. The number of esters is 2. The van der Waals surface area contributed by atoms with Crippen molar-refractivity contribution in [2.75, 3.05) is 14.2 Å².